The smallest absolute Gasteiger partial charge is 0.346 e. The van der Waals surface area contributed by atoms with Crippen molar-refractivity contribution in [2.45, 2.75) is 13.3 Å². The van der Waals surface area contributed by atoms with Crippen molar-refractivity contribution in [3.8, 4) is 0 Å². The molecule has 0 aliphatic rings. The van der Waals surface area contributed by atoms with E-state index in [0.29, 0.717) is 12.0 Å². The first-order valence-corrected chi connectivity index (χ1v) is 4.38. The van der Waals surface area contributed by atoms with Crippen LogP contribution < -0.4 is 0 Å². The summed E-state index contributed by atoms with van der Waals surface area (Å²) in [6, 6.07) is 1.56. The summed E-state index contributed by atoms with van der Waals surface area (Å²) in [5.41, 5.74) is 0.329. The number of hydrogen-bond donors (Lipinski definition) is 1. The van der Waals surface area contributed by atoms with Crippen molar-refractivity contribution in [1.82, 2.24) is 0 Å². The molecule has 0 atom stereocenters. The summed E-state index contributed by atoms with van der Waals surface area (Å²) in [6.45, 7) is 1.71. The van der Waals surface area contributed by atoms with Crippen LogP contribution in [0.1, 0.15) is 33.4 Å². The van der Waals surface area contributed by atoms with Crippen molar-refractivity contribution < 1.29 is 14.7 Å². The van der Waals surface area contributed by atoms with Crippen LogP contribution in [0, 0.1) is 0 Å². The van der Waals surface area contributed by atoms with E-state index in [-0.39, 0.29) is 10.7 Å². The van der Waals surface area contributed by atoms with Crippen molar-refractivity contribution in [2.24, 2.45) is 0 Å². The van der Waals surface area contributed by atoms with Gasteiger partial charge in [-0.1, -0.05) is 6.92 Å². The summed E-state index contributed by atoms with van der Waals surface area (Å²) in [4.78, 5) is 21.8. The molecule has 0 radical (unpaired) electrons. The Kier molecular flexibility index (Phi) is 2.60. The van der Waals surface area contributed by atoms with E-state index >= 15 is 0 Å². The molecule has 12 heavy (non-hydrogen) atoms. The van der Waals surface area contributed by atoms with Crippen molar-refractivity contribution >= 4 is 23.1 Å². The number of Topliss-reactive ketones (excluding diaryl/α,β-unsaturated/α-hetero) is 1. The molecule has 0 unspecified atom stereocenters. The summed E-state index contributed by atoms with van der Waals surface area (Å²) >= 11 is 1.08. The van der Waals surface area contributed by atoms with Gasteiger partial charge in [-0.05, 0) is 11.4 Å². The zero-order valence-corrected chi connectivity index (χ0v) is 7.35. The molecule has 1 N–H and O–H groups in total. The number of rotatable bonds is 3. The molecule has 0 saturated carbocycles. The number of carbonyl (C=O) groups is 2. The van der Waals surface area contributed by atoms with Gasteiger partial charge in [-0.2, -0.15) is 0 Å². The summed E-state index contributed by atoms with van der Waals surface area (Å²) in [7, 11) is 0. The fraction of sp³-hybridized carbons (Fsp3) is 0.250. The maximum absolute atomic E-state index is 11.1. The molecule has 0 fully saturated rings. The first-order valence-electron chi connectivity index (χ1n) is 3.50. The van der Waals surface area contributed by atoms with Gasteiger partial charge in [0, 0.05) is 12.0 Å². The van der Waals surface area contributed by atoms with E-state index in [2.05, 4.69) is 0 Å². The lowest BCUT2D eigenvalue weighted by Crippen LogP contribution is -2.03. The Bertz CT molecular complexity index is 314. The standard InChI is InChI=1S/C8H8O3S/c1-2-6(9)5-3-4-12-7(5)8(10)11/h3-4H,2H2,1H3,(H,10,11). The fourth-order valence-corrected chi connectivity index (χ4v) is 1.63. The molecule has 1 heterocycles. The number of ketones is 1. The lowest BCUT2D eigenvalue weighted by molar-refractivity contribution is 0.0697. The van der Waals surface area contributed by atoms with Crippen molar-refractivity contribution in [3.05, 3.63) is 21.9 Å². The zero-order valence-electron chi connectivity index (χ0n) is 6.53. The molecule has 0 saturated heterocycles. The molecule has 3 nitrogen and oxygen atoms in total. The van der Waals surface area contributed by atoms with Gasteiger partial charge in [-0.15, -0.1) is 11.3 Å². The second kappa shape index (κ2) is 3.49. The zero-order chi connectivity index (χ0) is 9.14. The van der Waals surface area contributed by atoms with Crippen LogP contribution in [0.15, 0.2) is 11.4 Å². The normalized spacial score (nSPS) is 9.75. The molecule has 4 heteroatoms. The highest BCUT2D eigenvalue weighted by atomic mass is 32.1. The lowest BCUT2D eigenvalue weighted by Gasteiger charge is -1.94. The topological polar surface area (TPSA) is 54.4 Å². The molecule has 0 aliphatic heterocycles. The highest BCUT2D eigenvalue weighted by Gasteiger charge is 2.15. The Balaban J connectivity index is 3.07. The number of aromatic carboxylic acids is 1. The van der Waals surface area contributed by atoms with Crippen LogP contribution in [-0.4, -0.2) is 16.9 Å². The van der Waals surface area contributed by atoms with Gasteiger partial charge in [-0.3, -0.25) is 4.79 Å². The van der Waals surface area contributed by atoms with Gasteiger partial charge in [0.15, 0.2) is 5.78 Å². The van der Waals surface area contributed by atoms with Crippen LogP contribution in [-0.2, 0) is 0 Å². The Labute approximate surface area is 73.6 Å². The van der Waals surface area contributed by atoms with Gasteiger partial charge in [0.2, 0.25) is 0 Å². The number of carbonyl (C=O) groups excluding carboxylic acids is 1. The molecule has 0 amide bonds. The van der Waals surface area contributed by atoms with Gasteiger partial charge in [0.1, 0.15) is 4.88 Å². The number of carboxylic acid groups (broad SMARTS) is 1. The molecule has 0 bridgehead atoms. The monoisotopic (exact) mass is 184 g/mol. The molecule has 1 aromatic heterocycles. The van der Waals surface area contributed by atoms with E-state index in [1.807, 2.05) is 0 Å². The fourth-order valence-electron chi connectivity index (χ4n) is 0.885. The number of hydrogen-bond acceptors (Lipinski definition) is 3. The maximum atomic E-state index is 11.1. The molecular weight excluding hydrogens is 176 g/mol. The predicted octanol–water partition coefficient (Wildman–Crippen LogP) is 2.04. The van der Waals surface area contributed by atoms with E-state index in [1.165, 1.54) is 0 Å². The van der Waals surface area contributed by atoms with Crippen LogP contribution >= 0.6 is 11.3 Å². The molecule has 1 rings (SSSR count). The second-order valence-electron chi connectivity index (χ2n) is 2.25. The van der Waals surface area contributed by atoms with Gasteiger partial charge in [0.05, 0.1) is 0 Å². The molecular formula is C8H8O3S. The van der Waals surface area contributed by atoms with E-state index in [9.17, 15) is 9.59 Å². The maximum Gasteiger partial charge on any atom is 0.346 e. The Morgan fingerprint density at radius 2 is 2.25 bits per heavy atom. The largest absolute Gasteiger partial charge is 0.477 e. The number of thiophene rings is 1. The molecule has 0 aromatic carbocycles. The summed E-state index contributed by atoms with van der Waals surface area (Å²) in [5, 5.41) is 10.3. The SMILES string of the molecule is CCC(=O)c1ccsc1C(=O)O. The van der Waals surface area contributed by atoms with Crippen LogP contribution in [0.4, 0.5) is 0 Å². The first-order chi connectivity index (χ1) is 5.66. The molecule has 64 valence electrons. The van der Waals surface area contributed by atoms with Crippen LogP contribution in [0.25, 0.3) is 0 Å². The van der Waals surface area contributed by atoms with Gasteiger partial charge < -0.3 is 5.11 Å². The minimum absolute atomic E-state index is 0.117. The summed E-state index contributed by atoms with van der Waals surface area (Å²) in [6.07, 6.45) is 0.344. The summed E-state index contributed by atoms with van der Waals surface area (Å²) < 4.78 is 0. The minimum Gasteiger partial charge on any atom is -0.477 e. The van der Waals surface area contributed by atoms with Crippen molar-refractivity contribution in [2.75, 3.05) is 0 Å². The Hall–Kier alpha value is -1.16. The van der Waals surface area contributed by atoms with Crippen molar-refractivity contribution in [3.63, 3.8) is 0 Å². The predicted molar refractivity (Wildman–Crippen MR) is 45.9 cm³/mol. The van der Waals surface area contributed by atoms with E-state index in [0.717, 1.165) is 11.3 Å². The quantitative estimate of drug-likeness (QED) is 0.731. The minimum atomic E-state index is -1.03. The van der Waals surface area contributed by atoms with Crippen LogP contribution in [0.3, 0.4) is 0 Å². The van der Waals surface area contributed by atoms with E-state index in [1.54, 1.807) is 18.4 Å². The van der Waals surface area contributed by atoms with Crippen molar-refractivity contribution in [1.29, 1.82) is 0 Å². The third-order valence-corrected chi connectivity index (χ3v) is 2.38. The van der Waals surface area contributed by atoms with Gasteiger partial charge in [0.25, 0.3) is 0 Å². The van der Waals surface area contributed by atoms with Crippen LogP contribution in [0.5, 0.6) is 0 Å². The van der Waals surface area contributed by atoms with E-state index in [4.69, 9.17) is 5.11 Å². The van der Waals surface area contributed by atoms with Gasteiger partial charge >= 0.3 is 5.97 Å². The average molecular weight is 184 g/mol. The van der Waals surface area contributed by atoms with Gasteiger partial charge in [-0.25, -0.2) is 4.79 Å². The molecule has 0 spiro atoms. The summed E-state index contributed by atoms with van der Waals surface area (Å²) in [5.74, 6) is -1.14. The van der Waals surface area contributed by atoms with Crippen LogP contribution in [0.2, 0.25) is 0 Å². The molecule has 1 aromatic rings. The Morgan fingerprint density at radius 3 is 2.75 bits per heavy atom. The average Bonchev–Trinajstić information content (AvgIpc) is 2.50. The third-order valence-electron chi connectivity index (χ3n) is 1.48. The highest BCUT2D eigenvalue weighted by Crippen LogP contribution is 2.17. The highest BCUT2D eigenvalue weighted by molar-refractivity contribution is 7.12. The second-order valence-corrected chi connectivity index (χ2v) is 3.16. The number of carboxylic acids is 1. The Morgan fingerprint density at radius 1 is 1.58 bits per heavy atom. The van der Waals surface area contributed by atoms with E-state index < -0.39 is 5.97 Å². The molecule has 0 aliphatic carbocycles. The first kappa shape index (κ1) is 8.93. The lowest BCUT2D eigenvalue weighted by atomic mass is 10.1. The third kappa shape index (κ3) is 1.53.